The number of pyridine rings is 1. The number of hydrogen-bond acceptors (Lipinski definition) is 4. The number of nitrogens with one attached hydrogen (secondary N) is 1. The largest absolute Gasteiger partial charge is 0.405 e. The molecule has 1 aromatic carbocycles. The van der Waals surface area contributed by atoms with Crippen LogP contribution in [0.4, 0.5) is 19.1 Å². The number of nitrogens with zero attached hydrogens (tertiary/aromatic N) is 4. The van der Waals surface area contributed by atoms with Crippen molar-refractivity contribution in [2.45, 2.75) is 6.18 Å². The molecule has 0 radical (unpaired) electrons. The Hall–Kier alpha value is -3.16. The average molecular weight is 343 g/mol. The Balaban J connectivity index is 1.70. The highest BCUT2D eigenvalue weighted by Crippen LogP contribution is 2.28. The summed E-state index contributed by atoms with van der Waals surface area (Å²) in [6, 6.07) is 11.6. The molecule has 0 aliphatic heterocycles. The van der Waals surface area contributed by atoms with Crippen LogP contribution >= 0.6 is 0 Å². The molecule has 5 nitrogen and oxygen atoms in total. The van der Waals surface area contributed by atoms with Gasteiger partial charge in [-0.25, -0.2) is 9.50 Å². The molecule has 0 atom stereocenters. The summed E-state index contributed by atoms with van der Waals surface area (Å²) >= 11 is 0. The summed E-state index contributed by atoms with van der Waals surface area (Å²) in [5.41, 5.74) is 3.46. The van der Waals surface area contributed by atoms with Gasteiger partial charge in [0.25, 0.3) is 0 Å². The number of anilines is 1. The molecular formula is C17H12F3N5. The molecule has 0 saturated carbocycles. The summed E-state index contributed by atoms with van der Waals surface area (Å²) in [7, 11) is 0. The SMILES string of the molecule is FC(F)(F)CNc1ncc2c(-c3ccc4ncccc4c3)ccn2n1. The molecule has 0 saturated heterocycles. The van der Waals surface area contributed by atoms with Crippen molar-refractivity contribution in [2.75, 3.05) is 11.9 Å². The molecule has 0 aliphatic carbocycles. The lowest BCUT2D eigenvalue weighted by Gasteiger charge is -2.08. The Morgan fingerprint density at radius 3 is 2.80 bits per heavy atom. The molecule has 0 fully saturated rings. The molecule has 3 aromatic heterocycles. The lowest BCUT2D eigenvalue weighted by Crippen LogP contribution is -2.22. The summed E-state index contributed by atoms with van der Waals surface area (Å²) in [6.07, 6.45) is 0.616. The molecule has 8 heteroatoms. The number of aromatic nitrogens is 4. The monoisotopic (exact) mass is 343 g/mol. The third kappa shape index (κ3) is 3.10. The van der Waals surface area contributed by atoms with E-state index in [9.17, 15) is 13.2 Å². The molecule has 0 spiro atoms. The van der Waals surface area contributed by atoms with Crippen LogP contribution in [0.5, 0.6) is 0 Å². The zero-order valence-electron chi connectivity index (χ0n) is 12.8. The molecular weight excluding hydrogens is 331 g/mol. The molecule has 0 amide bonds. The second-order valence-corrected chi connectivity index (χ2v) is 5.52. The first-order valence-electron chi connectivity index (χ1n) is 7.50. The molecule has 0 aliphatic rings. The Bertz CT molecular complexity index is 1050. The number of rotatable bonds is 3. The summed E-state index contributed by atoms with van der Waals surface area (Å²) < 4.78 is 38.3. The van der Waals surface area contributed by atoms with E-state index in [1.165, 1.54) is 10.7 Å². The smallest absolute Gasteiger partial charge is 0.344 e. The first kappa shape index (κ1) is 15.4. The summed E-state index contributed by atoms with van der Waals surface area (Å²) in [4.78, 5) is 8.26. The van der Waals surface area contributed by atoms with Gasteiger partial charge in [-0.2, -0.15) is 13.2 Å². The number of halogens is 3. The molecule has 0 unspecified atom stereocenters. The van der Waals surface area contributed by atoms with E-state index < -0.39 is 12.7 Å². The molecule has 0 bridgehead atoms. The minimum atomic E-state index is -4.32. The Morgan fingerprint density at radius 1 is 1.08 bits per heavy atom. The van der Waals surface area contributed by atoms with E-state index in [4.69, 9.17) is 0 Å². The van der Waals surface area contributed by atoms with Crippen molar-refractivity contribution in [3.8, 4) is 11.1 Å². The van der Waals surface area contributed by atoms with Crippen molar-refractivity contribution >= 4 is 22.4 Å². The summed E-state index contributed by atoms with van der Waals surface area (Å²) in [5.74, 6) is -0.0744. The second kappa shape index (κ2) is 5.73. The third-order valence-corrected chi connectivity index (χ3v) is 3.78. The highest BCUT2D eigenvalue weighted by Gasteiger charge is 2.27. The van der Waals surface area contributed by atoms with Crippen LogP contribution in [0.1, 0.15) is 0 Å². The van der Waals surface area contributed by atoms with E-state index in [1.54, 1.807) is 12.4 Å². The zero-order valence-corrected chi connectivity index (χ0v) is 12.8. The van der Waals surface area contributed by atoms with Crippen molar-refractivity contribution < 1.29 is 13.2 Å². The van der Waals surface area contributed by atoms with E-state index in [1.807, 2.05) is 36.4 Å². The van der Waals surface area contributed by atoms with Crippen LogP contribution in [0.15, 0.2) is 55.0 Å². The lowest BCUT2D eigenvalue weighted by molar-refractivity contribution is -0.115. The Labute approximate surface area is 140 Å². The Morgan fingerprint density at radius 2 is 1.96 bits per heavy atom. The van der Waals surface area contributed by atoms with E-state index in [2.05, 4.69) is 20.4 Å². The maximum Gasteiger partial charge on any atom is 0.405 e. The van der Waals surface area contributed by atoms with Crippen LogP contribution in [-0.4, -0.2) is 32.3 Å². The number of hydrogen-bond donors (Lipinski definition) is 1. The third-order valence-electron chi connectivity index (χ3n) is 3.78. The Kier molecular flexibility index (Phi) is 3.52. The van der Waals surface area contributed by atoms with Gasteiger partial charge in [0.05, 0.1) is 17.2 Å². The van der Waals surface area contributed by atoms with Crippen LogP contribution < -0.4 is 5.32 Å². The minimum absolute atomic E-state index is 0.0744. The van der Waals surface area contributed by atoms with Gasteiger partial charge in [-0.15, -0.1) is 5.10 Å². The van der Waals surface area contributed by atoms with Gasteiger partial charge in [0.2, 0.25) is 5.95 Å². The van der Waals surface area contributed by atoms with Crippen LogP contribution in [-0.2, 0) is 0 Å². The number of benzene rings is 1. The van der Waals surface area contributed by atoms with Gasteiger partial charge in [0.1, 0.15) is 6.54 Å². The van der Waals surface area contributed by atoms with Gasteiger partial charge in [-0.1, -0.05) is 12.1 Å². The molecule has 126 valence electrons. The van der Waals surface area contributed by atoms with Crippen molar-refractivity contribution in [3.05, 3.63) is 55.0 Å². The van der Waals surface area contributed by atoms with Crippen molar-refractivity contribution in [2.24, 2.45) is 0 Å². The van der Waals surface area contributed by atoms with Crippen LogP contribution in [0.2, 0.25) is 0 Å². The fourth-order valence-corrected chi connectivity index (χ4v) is 2.65. The molecule has 4 rings (SSSR count). The highest BCUT2D eigenvalue weighted by molar-refractivity contribution is 5.88. The minimum Gasteiger partial charge on any atom is -0.344 e. The normalized spacial score (nSPS) is 12.0. The molecule has 4 aromatic rings. The molecule has 1 N–H and O–H groups in total. The van der Waals surface area contributed by atoms with Gasteiger partial charge in [-0.05, 0) is 29.8 Å². The van der Waals surface area contributed by atoms with E-state index in [0.29, 0.717) is 5.52 Å². The van der Waals surface area contributed by atoms with Gasteiger partial charge in [0.15, 0.2) is 0 Å². The quantitative estimate of drug-likeness (QED) is 0.613. The lowest BCUT2D eigenvalue weighted by atomic mass is 10.0. The van der Waals surface area contributed by atoms with E-state index in [-0.39, 0.29) is 5.95 Å². The first-order valence-corrected chi connectivity index (χ1v) is 7.50. The summed E-state index contributed by atoms with van der Waals surface area (Å²) in [5, 5.41) is 7.25. The number of alkyl halides is 3. The highest BCUT2D eigenvalue weighted by atomic mass is 19.4. The van der Waals surface area contributed by atoms with Crippen molar-refractivity contribution in [1.82, 2.24) is 19.6 Å². The van der Waals surface area contributed by atoms with Crippen LogP contribution in [0.25, 0.3) is 27.5 Å². The fourth-order valence-electron chi connectivity index (χ4n) is 2.65. The van der Waals surface area contributed by atoms with Gasteiger partial charge < -0.3 is 5.32 Å². The maximum absolute atomic E-state index is 12.3. The molecule has 25 heavy (non-hydrogen) atoms. The van der Waals surface area contributed by atoms with Gasteiger partial charge >= 0.3 is 6.18 Å². The van der Waals surface area contributed by atoms with Crippen LogP contribution in [0, 0.1) is 0 Å². The topological polar surface area (TPSA) is 55.1 Å². The van der Waals surface area contributed by atoms with E-state index in [0.717, 1.165) is 22.0 Å². The standard InChI is InChI=1S/C17H12F3N5/c18-17(19,20)10-23-16-22-9-15-13(5-7-25(15)24-16)11-3-4-14-12(8-11)2-1-6-21-14/h1-9H,10H2,(H,23,24). The van der Waals surface area contributed by atoms with Gasteiger partial charge in [-0.3, -0.25) is 4.98 Å². The summed E-state index contributed by atoms with van der Waals surface area (Å²) in [6.45, 7) is -1.18. The van der Waals surface area contributed by atoms with E-state index >= 15 is 0 Å². The first-order chi connectivity index (χ1) is 12.0. The van der Waals surface area contributed by atoms with Crippen molar-refractivity contribution in [1.29, 1.82) is 0 Å². The van der Waals surface area contributed by atoms with Crippen LogP contribution in [0.3, 0.4) is 0 Å². The predicted octanol–water partition coefficient (Wildman–Crippen LogP) is 3.92. The average Bonchev–Trinajstić information content (AvgIpc) is 3.02. The number of fused-ring (bicyclic) bond motifs is 2. The molecule has 3 heterocycles. The maximum atomic E-state index is 12.3. The zero-order chi connectivity index (χ0) is 17.4. The van der Waals surface area contributed by atoms with Crippen molar-refractivity contribution in [3.63, 3.8) is 0 Å². The van der Waals surface area contributed by atoms with Gasteiger partial charge in [0, 0.05) is 23.3 Å². The second-order valence-electron chi connectivity index (χ2n) is 5.52. The predicted molar refractivity (Wildman–Crippen MR) is 88.3 cm³/mol. The fraction of sp³-hybridized carbons (Fsp3) is 0.118.